The molecule has 0 amide bonds. The average molecular weight is 290 g/mol. The minimum absolute atomic E-state index is 0.0596. The highest BCUT2D eigenvalue weighted by Crippen LogP contribution is 2.35. The van der Waals surface area contributed by atoms with Crippen molar-refractivity contribution in [2.24, 2.45) is 0 Å². The van der Waals surface area contributed by atoms with Crippen molar-refractivity contribution in [3.63, 3.8) is 0 Å². The van der Waals surface area contributed by atoms with Crippen LogP contribution < -0.4 is 10.6 Å². The van der Waals surface area contributed by atoms with Gasteiger partial charge in [-0.3, -0.25) is 0 Å². The molecule has 10 heteroatoms. The Morgan fingerprint density at radius 2 is 1.89 bits per heavy atom. The molecule has 0 unspecified atom stereocenters. The molecule has 0 fully saturated rings. The van der Waals surface area contributed by atoms with Crippen LogP contribution in [0.15, 0.2) is 6.20 Å². The number of nitrogens with two attached hydrogens (primary N) is 1. The van der Waals surface area contributed by atoms with E-state index in [1.165, 1.54) is 0 Å². The Morgan fingerprint density at radius 1 is 1.21 bits per heavy atom. The van der Waals surface area contributed by atoms with Gasteiger partial charge in [0.2, 0.25) is 11.9 Å². The lowest BCUT2D eigenvalue weighted by molar-refractivity contribution is -0.137. The standard InChI is InChI=1S/C9H9F3N6S/c1-18(2)8-16-5(15-7(13)17-8)4-3-14-6(19-4)9(10,11)12/h3H,1-2H3,(H2,13,15,16,17). The number of nitrogen functional groups attached to an aromatic ring is 1. The molecule has 2 heterocycles. The quantitative estimate of drug-likeness (QED) is 0.906. The first kappa shape index (κ1) is 13.5. The molecule has 0 bridgehead atoms. The monoisotopic (exact) mass is 290 g/mol. The highest BCUT2D eigenvalue weighted by atomic mass is 32.1. The number of halogens is 3. The predicted octanol–water partition coefficient (Wildman–Crippen LogP) is 1.66. The topological polar surface area (TPSA) is 80.8 Å². The van der Waals surface area contributed by atoms with Gasteiger partial charge in [-0.1, -0.05) is 0 Å². The van der Waals surface area contributed by atoms with Gasteiger partial charge in [-0.05, 0) is 0 Å². The van der Waals surface area contributed by atoms with Gasteiger partial charge in [0, 0.05) is 20.3 Å². The van der Waals surface area contributed by atoms with Gasteiger partial charge in [-0.2, -0.15) is 28.1 Å². The number of rotatable bonds is 2. The lowest BCUT2D eigenvalue weighted by Crippen LogP contribution is -2.15. The number of alkyl halides is 3. The Labute approximate surface area is 110 Å². The van der Waals surface area contributed by atoms with Gasteiger partial charge in [0.05, 0.1) is 4.88 Å². The molecule has 102 valence electrons. The molecule has 0 aliphatic heterocycles. The summed E-state index contributed by atoms with van der Waals surface area (Å²) in [5, 5.41) is -0.951. The van der Waals surface area contributed by atoms with E-state index in [0.717, 1.165) is 6.20 Å². The summed E-state index contributed by atoms with van der Waals surface area (Å²) in [5.74, 6) is 0.282. The summed E-state index contributed by atoms with van der Waals surface area (Å²) >= 11 is 0.459. The maximum atomic E-state index is 12.5. The Kier molecular flexibility index (Phi) is 3.27. The first-order valence-corrected chi connectivity index (χ1v) is 5.81. The van der Waals surface area contributed by atoms with E-state index in [1.807, 2.05) is 0 Å². The van der Waals surface area contributed by atoms with Crippen LogP contribution in [0.25, 0.3) is 10.7 Å². The van der Waals surface area contributed by atoms with Crippen molar-refractivity contribution in [3.05, 3.63) is 11.2 Å². The normalized spacial score (nSPS) is 11.6. The molecule has 19 heavy (non-hydrogen) atoms. The summed E-state index contributed by atoms with van der Waals surface area (Å²) in [4.78, 5) is 16.8. The molecule has 2 rings (SSSR count). The molecular weight excluding hydrogens is 281 g/mol. The van der Waals surface area contributed by atoms with Crippen molar-refractivity contribution in [1.29, 1.82) is 0 Å². The molecule has 0 aliphatic carbocycles. The predicted molar refractivity (Wildman–Crippen MR) is 64.7 cm³/mol. The average Bonchev–Trinajstić information content (AvgIpc) is 2.76. The van der Waals surface area contributed by atoms with E-state index in [-0.39, 0.29) is 22.6 Å². The van der Waals surface area contributed by atoms with Crippen LogP contribution in [0, 0.1) is 0 Å². The first-order valence-electron chi connectivity index (χ1n) is 4.99. The second-order valence-corrected chi connectivity index (χ2v) is 4.77. The Bertz CT molecular complexity index is 594. The van der Waals surface area contributed by atoms with Gasteiger partial charge in [0.1, 0.15) is 0 Å². The third-order valence-electron chi connectivity index (χ3n) is 2.01. The van der Waals surface area contributed by atoms with E-state index in [4.69, 9.17) is 5.73 Å². The van der Waals surface area contributed by atoms with Gasteiger partial charge in [0.15, 0.2) is 10.8 Å². The number of anilines is 2. The third kappa shape index (κ3) is 2.89. The SMILES string of the molecule is CN(C)c1nc(N)nc(-c2cnc(C(F)(F)F)s2)n1. The minimum Gasteiger partial charge on any atom is -0.368 e. The van der Waals surface area contributed by atoms with Gasteiger partial charge in [-0.25, -0.2) is 4.98 Å². The zero-order chi connectivity index (χ0) is 14.2. The second kappa shape index (κ2) is 4.61. The number of hydrogen-bond acceptors (Lipinski definition) is 7. The van der Waals surface area contributed by atoms with Gasteiger partial charge in [0.25, 0.3) is 0 Å². The fraction of sp³-hybridized carbons (Fsp3) is 0.333. The zero-order valence-electron chi connectivity index (χ0n) is 9.93. The fourth-order valence-corrected chi connectivity index (χ4v) is 1.92. The van der Waals surface area contributed by atoms with E-state index in [1.54, 1.807) is 19.0 Å². The maximum Gasteiger partial charge on any atom is 0.443 e. The summed E-state index contributed by atoms with van der Waals surface area (Å²) in [6, 6.07) is 0. The maximum absolute atomic E-state index is 12.5. The number of aromatic nitrogens is 4. The smallest absolute Gasteiger partial charge is 0.368 e. The lowest BCUT2D eigenvalue weighted by Gasteiger charge is -2.10. The van der Waals surface area contributed by atoms with Crippen molar-refractivity contribution in [2.45, 2.75) is 6.18 Å². The summed E-state index contributed by atoms with van der Waals surface area (Å²) in [6.45, 7) is 0. The molecule has 0 saturated carbocycles. The number of hydrogen-bond donors (Lipinski definition) is 1. The van der Waals surface area contributed by atoms with Crippen LogP contribution in [-0.4, -0.2) is 34.0 Å². The van der Waals surface area contributed by atoms with Crippen molar-refractivity contribution in [3.8, 4) is 10.7 Å². The largest absolute Gasteiger partial charge is 0.443 e. The van der Waals surface area contributed by atoms with Crippen LogP contribution in [0.2, 0.25) is 0 Å². The molecule has 6 nitrogen and oxygen atoms in total. The van der Waals surface area contributed by atoms with Crippen LogP contribution in [0.5, 0.6) is 0 Å². The molecule has 0 atom stereocenters. The van der Waals surface area contributed by atoms with Crippen LogP contribution in [0.1, 0.15) is 5.01 Å². The third-order valence-corrected chi connectivity index (χ3v) is 3.05. The van der Waals surface area contributed by atoms with E-state index < -0.39 is 11.2 Å². The highest BCUT2D eigenvalue weighted by molar-refractivity contribution is 7.15. The van der Waals surface area contributed by atoms with Crippen LogP contribution in [-0.2, 0) is 6.18 Å². The Morgan fingerprint density at radius 3 is 2.42 bits per heavy atom. The van der Waals surface area contributed by atoms with Crippen molar-refractivity contribution in [2.75, 3.05) is 24.7 Å². The van der Waals surface area contributed by atoms with Gasteiger partial charge < -0.3 is 10.6 Å². The molecule has 0 spiro atoms. The van der Waals surface area contributed by atoms with Crippen molar-refractivity contribution < 1.29 is 13.2 Å². The summed E-state index contributed by atoms with van der Waals surface area (Å²) in [5.41, 5.74) is 5.50. The Hall–Kier alpha value is -1.97. The molecule has 0 aliphatic rings. The van der Waals surface area contributed by atoms with E-state index in [0.29, 0.717) is 11.3 Å². The highest BCUT2D eigenvalue weighted by Gasteiger charge is 2.35. The second-order valence-electron chi connectivity index (χ2n) is 3.74. The van der Waals surface area contributed by atoms with Gasteiger partial charge >= 0.3 is 6.18 Å². The van der Waals surface area contributed by atoms with Gasteiger partial charge in [-0.15, -0.1) is 11.3 Å². The molecular formula is C9H9F3N6S. The number of nitrogens with zero attached hydrogens (tertiary/aromatic N) is 5. The van der Waals surface area contributed by atoms with E-state index in [2.05, 4.69) is 19.9 Å². The summed E-state index contributed by atoms with van der Waals surface area (Å²) < 4.78 is 37.4. The van der Waals surface area contributed by atoms with Crippen LogP contribution in [0.4, 0.5) is 25.1 Å². The fourth-order valence-electron chi connectivity index (χ4n) is 1.20. The molecule has 0 radical (unpaired) electrons. The van der Waals surface area contributed by atoms with E-state index >= 15 is 0 Å². The summed E-state index contributed by atoms with van der Waals surface area (Å²) in [6.07, 6.45) is -3.41. The molecule has 0 saturated heterocycles. The lowest BCUT2D eigenvalue weighted by atomic mass is 10.5. The molecule has 2 aromatic rings. The zero-order valence-corrected chi connectivity index (χ0v) is 10.7. The van der Waals surface area contributed by atoms with Crippen LogP contribution >= 0.6 is 11.3 Å². The van der Waals surface area contributed by atoms with Crippen molar-refractivity contribution >= 4 is 23.2 Å². The molecule has 2 aromatic heterocycles. The molecule has 2 N–H and O–H groups in total. The Balaban J connectivity index is 2.44. The molecule has 0 aromatic carbocycles. The van der Waals surface area contributed by atoms with Crippen molar-refractivity contribution in [1.82, 2.24) is 19.9 Å². The van der Waals surface area contributed by atoms with Crippen LogP contribution in [0.3, 0.4) is 0 Å². The first-order chi connectivity index (χ1) is 8.77. The minimum atomic E-state index is -4.48. The van der Waals surface area contributed by atoms with E-state index in [9.17, 15) is 13.2 Å². The summed E-state index contributed by atoms with van der Waals surface area (Å²) in [7, 11) is 3.37. The number of thiazole rings is 1.